The van der Waals surface area contributed by atoms with Gasteiger partial charge in [-0.25, -0.2) is 8.42 Å². The Hall–Kier alpha value is -0.224. The predicted octanol–water partition coefficient (Wildman–Crippen LogP) is -3.51. The molecule has 0 saturated heterocycles. The van der Waals surface area contributed by atoms with Crippen molar-refractivity contribution in [2.24, 2.45) is 10.2 Å². The van der Waals surface area contributed by atoms with Crippen molar-refractivity contribution < 1.29 is 112 Å². The monoisotopic (exact) mass is 468 g/mol. The van der Waals surface area contributed by atoms with Gasteiger partial charge in [-0.1, -0.05) is 36.1 Å². The predicted molar refractivity (Wildman–Crippen MR) is 91.8 cm³/mol. The number of nitrogens with zero attached hydrogens (tertiary/aromatic N) is 2. The van der Waals surface area contributed by atoms with Crippen LogP contribution in [0.25, 0.3) is 10.8 Å². The van der Waals surface area contributed by atoms with E-state index in [1.165, 1.54) is 0 Å². The molecule has 0 unspecified atom stereocenters. The summed E-state index contributed by atoms with van der Waals surface area (Å²) < 4.78 is 66.8. The molecule has 0 amide bonds. The fourth-order valence-corrected chi connectivity index (χ4v) is 3.77. The second-order valence-electron chi connectivity index (χ2n) is 5.40. The van der Waals surface area contributed by atoms with E-state index in [1.807, 2.05) is 0 Å². The van der Waals surface area contributed by atoms with E-state index >= 15 is 0 Å². The zero-order valence-electron chi connectivity index (χ0n) is 15.3. The third-order valence-corrected chi connectivity index (χ3v) is 5.27. The summed E-state index contributed by atoms with van der Waals surface area (Å²) in [4.78, 5) is -1.79. The summed E-state index contributed by atoms with van der Waals surface area (Å²) in [6.45, 7) is 0. The normalized spacial score (nSPS) is 11.8. The van der Waals surface area contributed by atoms with Gasteiger partial charge in [0.2, 0.25) is 0 Å². The van der Waals surface area contributed by atoms with E-state index in [1.54, 1.807) is 30.3 Å². The van der Waals surface area contributed by atoms with Crippen molar-refractivity contribution in [3.05, 3.63) is 54.6 Å². The average molecular weight is 468 g/mol. The molecule has 9 nitrogen and oxygen atoms in total. The second kappa shape index (κ2) is 10.4. The van der Waals surface area contributed by atoms with E-state index in [4.69, 9.17) is 0 Å². The van der Waals surface area contributed by atoms with Crippen molar-refractivity contribution >= 4 is 42.4 Å². The minimum absolute atomic E-state index is 0. The van der Waals surface area contributed by atoms with Gasteiger partial charge in [0.1, 0.15) is 15.0 Å². The Morgan fingerprint density at radius 1 is 0.897 bits per heavy atom. The van der Waals surface area contributed by atoms with Gasteiger partial charge in [0, 0.05) is 5.39 Å². The number of hydrogen-bond acceptors (Lipinski definition) is 8. The first-order chi connectivity index (χ1) is 12.6. The summed E-state index contributed by atoms with van der Waals surface area (Å²) in [5.41, 5.74) is -0.0418. The first-order valence-electron chi connectivity index (χ1n) is 7.25. The van der Waals surface area contributed by atoms with Crippen LogP contribution in [0.15, 0.2) is 74.6 Å². The molecule has 0 fully saturated rings. The second-order valence-corrected chi connectivity index (χ2v) is 8.17. The van der Waals surface area contributed by atoms with Gasteiger partial charge in [-0.2, -0.15) is 18.6 Å². The maximum atomic E-state index is 12.2. The van der Waals surface area contributed by atoms with Crippen molar-refractivity contribution in [2.75, 3.05) is 0 Å². The van der Waals surface area contributed by atoms with Crippen molar-refractivity contribution in [3.8, 4) is 5.75 Å². The first kappa shape index (κ1) is 26.8. The third-order valence-electron chi connectivity index (χ3n) is 3.58. The Morgan fingerprint density at radius 2 is 1.52 bits per heavy atom. The number of benzene rings is 3. The summed E-state index contributed by atoms with van der Waals surface area (Å²) in [5.74, 6) is -0.704. The SMILES string of the molecule is O=S(=O)([O-])c1cc(S(=O)(=O)O)c2c(N=Nc3ccccc3)c([O-])ccc2c1.[K+].[Na+]. The van der Waals surface area contributed by atoms with E-state index in [0.717, 1.165) is 18.2 Å². The number of rotatable bonds is 4. The molecule has 3 aromatic carbocycles. The Balaban J connectivity index is 0.00000210. The van der Waals surface area contributed by atoms with Gasteiger partial charge >= 0.3 is 80.9 Å². The summed E-state index contributed by atoms with van der Waals surface area (Å²) >= 11 is 0. The Kier molecular flexibility index (Phi) is 9.61. The summed E-state index contributed by atoms with van der Waals surface area (Å²) in [6.07, 6.45) is 0. The summed E-state index contributed by atoms with van der Waals surface area (Å²) in [6, 6.07) is 11.8. The van der Waals surface area contributed by atoms with Crippen LogP contribution in [0.2, 0.25) is 0 Å². The molecule has 0 aliphatic carbocycles. The minimum atomic E-state index is -5.01. The van der Waals surface area contributed by atoms with Gasteiger partial charge in [0.25, 0.3) is 10.1 Å². The van der Waals surface area contributed by atoms with Crippen molar-refractivity contribution in [1.82, 2.24) is 0 Å². The zero-order chi connectivity index (χ0) is 19.8. The standard InChI is InChI=1S/C16H12N2O7S2.K.Na/c19-13-7-6-10-8-12(26(20,21)22)9-14(27(23,24)25)15(10)16(13)18-17-11-4-2-1-3-5-11;;/h1-9,19H,(H,20,21,22)(H,23,24,25);;/q;2*+1/p-2. The van der Waals surface area contributed by atoms with Crippen molar-refractivity contribution in [3.63, 3.8) is 0 Å². The zero-order valence-corrected chi connectivity index (χ0v) is 22.1. The third kappa shape index (κ3) is 6.38. The molecule has 13 heteroatoms. The molecule has 0 spiro atoms. The summed E-state index contributed by atoms with van der Waals surface area (Å²) in [7, 11) is -9.99. The van der Waals surface area contributed by atoms with Crippen LogP contribution in [-0.4, -0.2) is 25.9 Å². The molecule has 29 heavy (non-hydrogen) atoms. The topological polar surface area (TPSA) is 159 Å². The number of fused-ring (bicyclic) bond motifs is 1. The van der Waals surface area contributed by atoms with Gasteiger partial charge in [-0.05, 0) is 29.7 Å². The van der Waals surface area contributed by atoms with Gasteiger partial charge < -0.3 is 9.66 Å². The number of azo groups is 1. The van der Waals surface area contributed by atoms with Gasteiger partial charge in [0.15, 0.2) is 0 Å². The van der Waals surface area contributed by atoms with Gasteiger partial charge in [0.05, 0.1) is 16.3 Å². The van der Waals surface area contributed by atoms with E-state index < -0.39 is 41.5 Å². The molecule has 0 heterocycles. The molecular formula is C16H10KN2NaO7S2. The molecule has 0 bridgehead atoms. The van der Waals surface area contributed by atoms with Crippen LogP contribution in [-0.2, 0) is 20.2 Å². The molecule has 0 radical (unpaired) electrons. The fourth-order valence-electron chi connectivity index (χ4n) is 2.41. The van der Waals surface area contributed by atoms with Crippen LogP contribution < -0.4 is 86.0 Å². The van der Waals surface area contributed by atoms with Crippen molar-refractivity contribution in [1.29, 1.82) is 0 Å². The molecule has 0 atom stereocenters. The van der Waals surface area contributed by atoms with Gasteiger partial charge in [-0.15, -0.1) is 0 Å². The molecule has 3 rings (SSSR count). The van der Waals surface area contributed by atoms with Crippen LogP contribution in [0.5, 0.6) is 5.75 Å². The van der Waals surface area contributed by atoms with Crippen LogP contribution in [0.4, 0.5) is 11.4 Å². The summed E-state index contributed by atoms with van der Waals surface area (Å²) in [5, 5.41) is 19.4. The maximum Gasteiger partial charge on any atom is 1.00 e. The molecule has 1 N–H and O–H groups in total. The van der Waals surface area contributed by atoms with E-state index in [-0.39, 0.29) is 91.7 Å². The average Bonchev–Trinajstić information content (AvgIpc) is 2.59. The molecule has 0 aliphatic rings. The van der Waals surface area contributed by atoms with Crippen molar-refractivity contribution in [2.45, 2.75) is 9.79 Å². The molecular weight excluding hydrogens is 458 g/mol. The molecule has 0 saturated carbocycles. The quantitative estimate of drug-likeness (QED) is 0.236. The minimum Gasteiger partial charge on any atom is -0.871 e. The fraction of sp³-hybridized carbons (Fsp3) is 0. The van der Waals surface area contributed by atoms with Crippen LogP contribution in [0.1, 0.15) is 0 Å². The molecule has 140 valence electrons. The van der Waals surface area contributed by atoms with E-state index in [0.29, 0.717) is 11.8 Å². The van der Waals surface area contributed by atoms with Crippen LogP contribution in [0, 0.1) is 0 Å². The Morgan fingerprint density at radius 3 is 2.07 bits per heavy atom. The number of hydrogen-bond donors (Lipinski definition) is 1. The Bertz CT molecular complexity index is 1280. The smallest absolute Gasteiger partial charge is 0.871 e. The van der Waals surface area contributed by atoms with Gasteiger partial charge in [-0.3, -0.25) is 4.55 Å². The van der Waals surface area contributed by atoms with E-state index in [2.05, 4.69) is 10.2 Å². The molecule has 3 aromatic rings. The van der Waals surface area contributed by atoms with Crippen LogP contribution in [0.3, 0.4) is 0 Å². The molecule has 0 aliphatic heterocycles. The first-order valence-corrected chi connectivity index (χ1v) is 10.1. The Labute approximate surface area is 231 Å². The van der Waals surface area contributed by atoms with E-state index in [9.17, 15) is 31.0 Å². The maximum absolute atomic E-state index is 12.2. The molecule has 0 aromatic heterocycles. The van der Waals surface area contributed by atoms with Crippen LogP contribution >= 0.6 is 0 Å². The largest absolute Gasteiger partial charge is 1.00 e.